The second kappa shape index (κ2) is 14.8. The van der Waals surface area contributed by atoms with Crippen molar-refractivity contribution in [1.82, 2.24) is 14.5 Å². The zero-order valence-electron chi connectivity index (χ0n) is 31.7. The van der Waals surface area contributed by atoms with Crippen LogP contribution in [-0.2, 0) is 31.0 Å². The average Bonchev–Trinajstić information content (AvgIpc) is 3.28. The van der Waals surface area contributed by atoms with Crippen molar-refractivity contribution in [1.29, 1.82) is 0 Å². The molecule has 2 aromatic rings. The summed E-state index contributed by atoms with van der Waals surface area (Å²) in [5.41, 5.74) is 3.28. The number of aryl methyl sites for hydroxylation is 1. The Morgan fingerprint density at radius 3 is 2.79 bits per heavy atom. The van der Waals surface area contributed by atoms with Gasteiger partial charge >= 0.3 is 0 Å². The first kappa shape index (κ1) is 37.3. The van der Waals surface area contributed by atoms with E-state index in [1.165, 1.54) is 11.1 Å². The van der Waals surface area contributed by atoms with Crippen molar-refractivity contribution < 1.29 is 23.2 Å². The molecule has 4 aliphatic heterocycles. The number of morpholine rings is 1. The predicted molar refractivity (Wildman–Crippen MR) is 214 cm³/mol. The lowest BCUT2D eigenvalue weighted by molar-refractivity contribution is -0.108. The summed E-state index contributed by atoms with van der Waals surface area (Å²) in [4.78, 5) is 21.5. The molecule has 11 heteroatoms. The van der Waals surface area contributed by atoms with Crippen LogP contribution in [-0.4, -0.2) is 115 Å². The Morgan fingerprint density at radius 1 is 1.11 bits per heavy atom. The molecule has 1 amide bonds. The second-order valence-electron chi connectivity index (χ2n) is 16.9. The van der Waals surface area contributed by atoms with Gasteiger partial charge in [0.2, 0.25) is 0 Å². The molecule has 2 aliphatic carbocycles. The van der Waals surface area contributed by atoms with E-state index in [4.69, 9.17) is 25.8 Å². The Kier molecular flexibility index (Phi) is 10.4. The van der Waals surface area contributed by atoms with Gasteiger partial charge in [-0.15, -0.1) is 0 Å². The second-order valence-corrected chi connectivity index (χ2v) is 19.7. The number of benzene rings is 2. The fraction of sp³-hybridized carbons (Fsp3) is 0.619. The number of piperazine rings is 1. The molecule has 1 N–H and O–H groups in total. The quantitative estimate of drug-likeness (QED) is 0.321. The highest BCUT2D eigenvalue weighted by Gasteiger charge is 2.50. The first-order valence-electron chi connectivity index (χ1n) is 19.7. The lowest BCUT2D eigenvalue weighted by Crippen LogP contribution is -2.62. The molecule has 53 heavy (non-hydrogen) atoms. The van der Waals surface area contributed by atoms with E-state index in [0.29, 0.717) is 36.5 Å². The van der Waals surface area contributed by atoms with Gasteiger partial charge in [-0.05, 0) is 111 Å². The van der Waals surface area contributed by atoms with Crippen LogP contribution < -0.4 is 14.4 Å². The summed E-state index contributed by atoms with van der Waals surface area (Å²) < 4.78 is 36.4. The van der Waals surface area contributed by atoms with Crippen LogP contribution in [0.2, 0.25) is 5.02 Å². The Labute approximate surface area is 321 Å². The molecule has 8 rings (SSSR count). The third-order valence-electron chi connectivity index (χ3n) is 13.7. The number of fused-ring (bicyclic) bond motifs is 5. The molecule has 1 spiro atoms. The van der Waals surface area contributed by atoms with Crippen LogP contribution in [0.5, 0.6) is 5.75 Å². The molecular formula is C42H57ClN4O5S. The van der Waals surface area contributed by atoms with Crippen molar-refractivity contribution in [2.75, 3.05) is 77.6 Å². The number of halogens is 1. The van der Waals surface area contributed by atoms with Crippen LogP contribution in [0, 0.1) is 17.8 Å². The smallest absolute Gasteiger partial charge is 0.262 e. The summed E-state index contributed by atoms with van der Waals surface area (Å²) in [5, 5.41) is 0.431. The third-order valence-corrected chi connectivity index (χ3v) is 16.2. The van der Waals surface area contributed by atoms with Gasteiger partial charge in [-0.3, -0.25) is 19.3 Å². The molecule has 8 atom stereocenters. The van der Waals surface area contributed by atoms with Gasteiger partial charge in [-0.25, -0.2) is 4.21 Å². The maximum absolute atomic E-state index is 14.1. The number of allylic oxidation sites excluding steroid dienone is 1. The highest BCUT2D eigenvalue weighted by Crippen LogP contribution is 2.49. The molecule has 288 valence electrons. The largest absolute Gasteiger partial charge is 0.490 e. The first-order chi connectivity index (χ1) is 25.5. The topological polar surface area (TPSA) is 83.6 Å². The van der Waals surface area contributed by atoms with E-state index in [2.05, 4.69) is 56.5 Å². The Morgan fingerprint density at radius 2 is 1.98 bits per heavy atom. The SMILES string of the molecule is C=S1(=O)NC(=O)c2ccc3c(c2)N(C[C@@H]2CC[C@H]2[C@](CN2CCN4CCOC[C@H]4C2)(OC)/C=C/C[C@H](C)[C@H]1C)C[C@@]1(CCCc2cc(Cl)ccc21)CO3. The number of carbonyl (C=O) groups excluding carboxylic acids is 1. The molecule has 4 heterocycles. The molecule has 0 radical (unpaired) electrons. The summed E-state index contributed by atoms with van der Waals surface area (Å²) >= 11 is 6.53. The number of methoxy groups -OCH3 is 1. The molecule has 2 bridgehead atoms. The van der Waals surface area contributed by atoms with Crippen molar-refractivity contribution in [3.8, 4) is 5.75 Å². The normalized spacial score (nSPS) is 37.2. The van der Waals surface area contributed by atoms with Gasteiger partial charge in [-0.2, -0.15) is 0 Å². The number of anilines is 1. The summed E-state index contributed by atoms with van der Waals surface area (Å²) in [5.74, 6) is 5.19. The average molecular weight is 765 g/mol. The van der Waals surface area contributed by atoms with Crippen LogP contribution in [0.3, 0.4) is 0 Å². The zero-order chi connectivity index (χ0) is 37.0. The lowest BCUT2D eigenvalue weighted by Gasteiger charge is -2.53. The molecule has 2 saturated heterocycles. The van der Waals surface area contributed by atoms with Crippen LogP contribution in [0.15, 0.2) is 48.6 Å². The molecule has 2 aromatic carbocycles. The molecule has 1 saturated carbocycles. The summed E-state index contributed by atoms with van der Waals surface area (Å²) in [7, 11) is -1.07. The van der Waals surface area contributed by atoms with E-state index in [0.717, 1.165) is 108 Å². The van der Waals surface area contributed by atoms with E-state index >= 15 is 0 Å². The van der Waals surface area contributed by atoms with E-state index in [1.54, 1.807) is 6.07 Å². The molecule has 0 aromatic heterocycles. The Balaban J connectivity index is 1.19. The summed E-state index contributed by atoms with van der Waals surface area (Å²) in [6.45, 7) is 12.6. The van der Waals surface area contributed by atoms with E-state index in [-0.39, 0.29) is 22.5 Å². The number of ether oxygens (including phenoxy) is 3. The van der Waals surface area contributed by atoms with E-state index in [1.807, 2.05) is 32.2 Å². The van der Waals surface area contributed by atoms with Crippen LogP contribution in [0.4, 0.5) is 5.69 Å². The van der Waals surface area contributed by atoms with Crippen LogP contribution in [0.1, 0.15) is 67.4 Å². The molecule has 3 fully saturated rings. The zero-order valence-corrected chi connectivity index (χ0v) is 33.3. The maximum Gasteiger partial charge on any atom is 0.262 e. The lowest BCUT2D eigenvalue weighted by atomic mass is 9.63. The Hall–Kier alpha value is -2.60. The predicted octanol–water partition coefficient (Wildman–Crippen LogP) is 5.59. The molecular weight excluding hydrogens is 708 g/mol. The van der Waals surface area contributed by atoms with Gasteiger partial charge in [0.1, 0.15) is 11.4 Å². The monoisotopic (exact) mass is 764 g/mol. The van der Waals surface area contributed by atoms with Crippen molar-refractivity contribution in [2.24, 2.45) is 17.8 Å². The van der Waals surface area contributed by atoms with Gasteiger partial charge in [0, 0.05) is 80.2 Å². The number of nitrogens with one attached hydrogen (secondary N) is 1. The van der Waals surface area contributed by atoms with Crippen molar-refractivity contribution in [3.05, 3.63) is 70.3 Å². The fourth-order valence-electron chi connectivity index (χ4n) is 10.2. The highest BCUT2D eigenvalue weighted by atomic mass is 35.5. The van der Waals surface area contributed by atoms with Crippen molar-refractivity contribution in [3.63, 3.8) is 0 Å². The highest BCUT2D eigenvalue weighted by molar-refractivity contribution is 7.99. The summed E-state index contributed by atoms with van der Waals surface area (Å²) in [6, 6.07) is 12.4. The van der Waals surface area contributed by atoms with Crippen LogP contribution >= 0.6 is 11.6 Å². The number of hydrogen-bond acceptors (Lipinski definition) is 8. The number of nitrogens with zero attached hydrogens (tertiary/aromatic N) is 3. The first-order valence-corrected chi connectivity index (χ1v) is 21.9. The van der Waals surface area contributed by atoms with E-state index < -0.39 is 15.3 Å². The molecule has 9 nitrogen and oxygen atoms in total. The van der Waals surface area contributed by atoms with Crippen molar-refractivity contribution in [2.45, 2.75) is 74.7 Å². The van der Waals surface area contributed by atoms with Gasteiger partial charge in [0.15, 0.2) is 0 Å². The summed E-state index contributed by atoms with van der Waals surface area (Å²) in [6.07, 6.45) is 10.6. The fourth-order valence-corrected chi connectivity index (χ4v) is 11.9. The minimum Gasteiger partial charge on any atom is -0.490 e. The Bertz CT molecular complexity index is 1840. The number of rotatable bonds is 3. The minimum absolute atomic E-state index is 0.0273. The minimum atomic E-state index is -2.96. The van der Waals surface area contributed by atoms with Gasteiger partial charge in [0.25, 0.3) is 5.91 Å². The van der Waals surface area contributed by atoms with E-state index in [9.17, 15) is 9.00 Å². The molecule has 6 aliphatic rings. The van der Waals surface area contributed by atoms with Gasteiger partial charge in [-0.1, -0.05) is 36.7 Å². The third kappa shape index (κ3) is 7.17. The van der Waals surface area contributed by atoms with Gasteiger partial charge < -0.3 is 19.1 Å². The number of carbonyl (C=O) groups is 1. The number of hydrogen-bond donors (Lipinski definition) is 1. The van der Waals surface area contributed by atoms with Crippen molar-refractivity contribution >= 4 is 38.8 Å². The maximum atomic E-state index is 14.1. The molecule has 1 unspecified atom stereocenters. The number of amides is 1. The standard InChI is InChI=1S/C42H57ClN4O5S/c1-29-7-5-16-42(50-3,27-45-17-18-46-19-20-51-25-35(46)24-45)37-12-9-33(37)23-47-26-41(15-6-8-31-21-34(43)11-13-36(31)41)28-52-39-14-10-32(22-38(39)47)40(48)44-53(4,49)30(29)2/h5,10-11,13-14,16,21-22,29-30,33,35,37H,4,6-9,12,15,17-20,23-28H2,1-3H3,(H,44,48,49)/b16-5+/t29-,30+,33-,35+,37+,41-,42-,53?/m0/s1. The van der Waals surface area contributed by atoms with Gasteiger partial charge in [0.05, 0.1) is 35.2 Å². The van der Waals surface area contributed by atoms with Crippen LogP contribution in [0.25, 0.3) is 0 Å².